The van der Waals surface area contributed by atoms with E-state index in [9.17, 15) is 47.8 Å². The highest BCUT2D eigenvalue weighted by Gasteiger charge is 2.46. The van der Waals surface area contributed by atoms with Gasteiger partial charge in [-0.3, -0.25) is 24.1 Å². The molecule has 254 valence electrons. The first-order chi connectivity index (χ1) is 22.1. The first kappa shape index (κ1) is 35.9. The monoisotopic (exact) mass is 682 g/mol. The third-order valence-electron chi connectivity index (χ3n) is 6.87. The van der Waals surface area contributed by atoms with Gasteiger partial charge in [-0.05, 0) is 36.8 Å². The summed E-state index contributed by atoms with van der Waals surface area (Å²) in [7, 11) is -1.56. The Morgan fingerprint density at radius 3 is 2.17 bits per heavy atom. The molecular weight excluding hydrogens is 652 g/mol. The fraction of sp³-hybridized carbons (Fsp3) is 0.407. The Hall–Kier alpha value is -5.53. The molecule has 3 amide bonds. The Labute approximate surface area is 266 Å². The molecule has 1 aliphatic rings. The van der Waals surface area contributed by atoms with E-state index in [1.165, 1.54) is 43.5 Å². The summed E-state index contributed by atoms with van der Waals surface area (Å²) >= 11 is 0. The number of carbonyl (C=O) groups excluding carboxylic acids is 4. The van der Waals surface area contributed by atoms with Crippen molar-refractivity contribution < 1.29 is 61.7 Å². The summed E-state index contributed by atoms with van der Waals surface area (Å²) in [4.78, 5) is 84.3. The molecule has 1 atom stereocenters. The smallest absolute Gasteiger partial charge is 0.316 e. The van der Waals surface area contributed by atoms with Crippen LogP contribution in [-0.4, -0.2) is 93.2 Å². The van der Waals surface area contributed by atoms with Gasteiger partial charge in [-0.25, -0.2) is 8.42 Å². The fourth-order valence-electron chi connectivity index (χ4n) is 4.87. The lowest BCUT2D eigenvalue weighted by atomic mass is 9.85. The molecule has 2 aromatic carbocycles. The van der Waals surface area contributed by atoms with Crippen molar-refractivity contribution in [2.75, 3.05) is 51.4 Å². The number of hydrogen-bond donors (Lipinski definition) is 1. The van der Waals surface area contributed by atoms with Gasteiger partial charge in [-0.15, -0.1) is 20.2 Å². The maximum absolute atomic E-state index is 13.9. The Bertz CT molecular complexity index is 1680. The molecule has 20 heteroatoms. The number of esters is 1. The van der Waals surface area contributed by atoms with Crippen molar-refractivity contribution in [1.29, 1.82) is 0 Å². The van der Waals surface area contributed by atoms with Gasteiger partial charge in [0, 0.05) is 12.7 Å². The number of nitrogens with zero attached hydrogens (tertiary/aromatic N) is 3. The van der Waals surface area contributed by atoms with Gasteiger partial charge in [0.1, 0.15) is 28.5 Å². The molecule has 19 nitrogen and oxygen atoms in total. The number of nitrogens with one attached hydrogen (secondary N) is 1. The van der Waals surface area contributed by atoms with Crippen molar-refractivity contribution in [3.8, 4) is 11.5 Å². The lowest BCUT2D eigenvalue weighted by Gasteiger charge is -2.28. The lowest BCUT2D eigenvalue weighted by molar-refractivity contribution is -0.770. The molecule has 1 N–H and O–H groups in total. The van der Waals surface area contributed by atoms with Crippen LogP contribution in [0.25, 0.3) is 0 Å². The number of benzene rings is 2. The molecule has 0 bridgehead atoms. The van der Waals surface area contributed by atoms with E-state index in [1.54, 1.807) is 6.92 Å². The summed E-state index contributed by atoms with van der Waals surface area (Å²) in [6.45, 7) is -0.421. The average molecular weight is 683 g/mol. The number of carbonyl (C=O) groups is 4. The van der Waals surface area contributed by atoms with Crippen molar-refractivity contribution in [1.82, 2.24) is 4.90 Å². The van der Waals surface area contributed by atoms with Crippen LogP contribution in [0.2, 0.25) is 0 Å². The van der Waals surface area contributed by atoms with Crippen LogP contribution in [0.15, 0.2) is 36.4 Å². The van der Waals surface area contributed by atoms with E-state index in [-0.39, 0.29) is 34.7 Å². The first-order valence-corrected chi connectivity index (χ1v) is 15.6. The molecule has 47 heavy (non-hydrogen) atoms. The molecule has 0 fully saturated rings. The van der Waals surface area contributed by atoms with Gasteiger partial charge in [0.25, 0.3) is 22.0 Å². The zero-order chi connectivity index (χ0) is 35.1. The van der Waals surface area contributed by atoms with Crippen molar-refractivity contribution in [2.45, 2.75) is 19.4 Å². The van der Waals surface area contributed by atoms with Crippen LogP contribution in [0.3, 0.4) is 0 Å². The van der Waals surface area contributed by atoms with Crippen LogP contribution >= 0.6 is 0 Å². The van der Waals surface area contributed by atoms with Crippen LogP contribution in [0.5, 0.6) is 11.5 Å². The zero-order valence-corrected chi connectivity index (χ0v) is 26.3. The highest BCUT2D eigenvalue weighted by atomic mass is 32.2. The van der Waals surface area contributed by atoms with E-state index in [0.717, 1.165) is 18.3 Å². The molecular formula is C27H30N4O15S. The normalized spacial score (nSPS) is 13.3. The summed E-state index contributed by atoms with van der Waals surface area (Å²) in [5, 5.41) is 21.5. The van der Waals surface area contributed by atoms with Crippen LogP contribution in [-0.2, 0) is 33.8 Å². The molecule has 0 unspecified atom stereocenters. The zero-order valence-electron chi connectivity index (χ0n) is 25.5. The minimum Gasteiger partial charge on any atom is -0.493 e. The highest BCUT2D eigenvalue weighted by Crippen LogP contribution is 2.39. The number of fused-ring (bicyclic) bond motifs is 1. The second-order valence-electron chi connectivity index (χ2n) is 10.2. The Balaban J connectivity index is 2.03. The molecule has 0 spiro atoms. The Morgan fingerprint density at radius 1 is 1.00 bits per heavy atom. The van der Waals surface area contributed by atoms with Crippen LogP contribution < -0.4 is 14.8 Å². The van der Waals surface area contributed by atoms with Gasteiger partial charge in [0.15, 0.2) is 11.5 Å². The standard InChI is InChI=1S/C27H30N4O15S/c1-5-44-21-11-16(9-10-20(21)42-2)19(13-47(4,40)41)29-24(33)17-7-6-8-18(23(17)25(29)34)28-22(32)12-27(26(35)43-3,14-45-30(36)37)15-46-31(38)39/h6-11,19H,5,12-15H2,1-4H3,(H,28,32)/t19-/m1/s1. The quantitative estimate of drug-likeness (QED) is 0.107. The summed E-state index contributed by atoms with van der Waals surface area (Å²) in [6, 6.07) is 6.87. The van der Waals surface area contributed by atoms with Gasteiger partial charge in [-0.2, -0.15) is 0 Å². The molecule has 2 aromatic rings. The fourth-order valence-corrected chi connectivity index (χ4v) is 5.79. The molecule has 0 saturated carbocycles. The number of methoxy groups -OCH3 is 2. The van der Waals surface area contributed by atoms with E-state index in [1.807, 2.05) is 0 Å². The molecule has 0 radical (unpaired) electrons. The largest absolute Gasteiger partial charge is 0.493 e. The van der Waals surface area contributed by atoms with E-state index < -0.39 is 80.5 Å². The number of amides is 3. The number of anilines is 1. The summed E-state index contributed by atoms with van der Waals surface area (Å²) < 4.78 is 40.5. The minimum atomic E-state index is -3.82. The van der Waals surface area contributed by atoms with Gasteiger partial charge >= 0.3 is 5.97 Å². The minimum absolute atomic E-state index is 0.197. The summed E-state index contributed by atoms with van der Waals surface area (Å²) in [6.07, 6.45) is -0.102. The van der Waals surface area contributed by atoms with Crippen LogP contribution in [0, 0.1) is 25.6 Å². The maximum Gasteiger partial charge on any atom is 0.316 e. The van der Waals surface area contributed by atoms with Gasteiger partial charge in [-0.1, -0.05) is 12.1 Å². The highest BCUT2D eigenvalue weighted by molar-refractivity contribution is 7.90. The molecule has 3 rings (SSSR count). The number of imide groups is 1. The van der Waals surface area contributed by atoms with Crippen molar-refractivity contribution in [3.05, 3.63) is 73.3 Å². The van der Waals surface area contributed by atoms with E-state index in [0.29, 0.717) is 5.75 Å². The molecule has 1 aliphatic heterocycles. The molecule has 1 heterocycles. The SMILES string of the molecule is CCOc1cc([C@@H](CS(C)(=O)=O)N2C(=O)c3cccc(NC(=O)CC(CO[N+](=O)[O-])(CO[N+](=O)[O-])C(=O)OC)c3C2=O)ccc1OC. The van der Waals surface area contributed by atoms with Crippen molar-refractivity contribution in [3.63, 3.8) is 0 Å². The second-order valence-corrected chi connectivity index (χ2v) is 12.3. The van der Waals surface area contributed by atoms with Crippen molar-refractivity contribution >= 4 is 39.2 Å². The van der Waals surface area contributed by atoms with Gasteiger partial charge < -0.3 is 29.2 Å². The number of ether oxygens (including phenoxy) is 3. The second kappa shape index (κ2) is 14.7. The predicted octanol–water partition coefficient (Wildman–Crippen LogP) is 1.38. The number of hydrogen-bond acceptors (Lipinski definition) is 15. The maximum atomic E-state index is 13.9. The number of sulfone groups is 1. The first-order valence-electron chi connectivity index (χ1n) is 13.5. The molecule has 0 aliphatic carbocycles. The van der Waals surface area contributed by atoms with Gasteiger partial charge in [0.2, 0.25) is 5.91 Å². The van der Waals surface area contributed by atoms with E-state index >= 15 is 0 Å². The Kier molecular flexibility index (Phi) is 11.2. The van der Waals surface area contributed by atoms with Crippen LogP contribution in [0.4, 0.5) is 5.69 Å². The van der Waals surface area contributed by atoms with Crippen molar-refractivity contribution in [2.24, 2.45) is 5.41 Å². The predicted molar refractivity (Wildman–Crippen MR) is 157 cm³/mol. The van der Waals surface area contributed by atoms with E-state index in [4.69, 9.17) is 9.47 Å². The third kappa shape index (κ3) is 8.39. The van der Waals surface area contributed by atoms with E-state index in [2.05, 4.69) is 19.7 Å². The molecule has 0 aromatic heterocycles. The van der Waals surface area contributed by atoms with Gasteiger partial charge in [0.05, 0.1) is 49.4 Å². The third-order valence-corrected chi connectivity index (χ3v) is 7.80. The summed E-state index contributed by atoms with van der Waals surface area (Å²) in [5.74, 6) is -4.41. The van der Waals surface area contributed by atoms with Crippen LogP contribution in [0.1, 0.15) is 45.7 Å². The Morgan fingerprint density at radius 2 is 1.64 bits per heavy atom. The lowest BCUT2D eigenvalue weighted by Crippen LogP contribution is -2.45. The number of rotatable bonds is 17. The summed E-state index contributed by atoms with van der Waals surface area (Å²) in [5.41, 5.74) is -2.94. The average Bonchev–Trinajstić information content (AvgIpc) is 3.26. The topological polar surface area (TPSA) is 250 Å². The molecule has 0 saturated heterocycles.